The molecule has 3 aromatic heterocycles. The SMILES string of the molecule is c1ccc(-c2cc(-c3ccccc3)nc(-c3cccc(-c4cnc5c(c4)C4(c6ccccc6-c6c4ccc4c6Oc6ccccc6N4c4ccccc4)c4cccnc4-5)c3)n2)cc1. The summed E-state index contributed by atoms with van der Waals surface area (Å²) in [6.07, 6.45) is 3.86. The maximum atomic E-state index is 7.04. The highest BCUT2D eigenvalue weighted by Gasteiger charge is 2.54. The third kappa shape index (κ3) is 5.25. The van der Waals surface area contributed by atoms with Gasteiger partial charge in [0.25, 0.3) is 0 Å². The fraction of sp³-hybridized carbons (Fsp3) is 0.0175. The maximum absolute atomic E-state index is 7.04. The van der Waals surface area contributed by atoms with Crippen molar-refractivity contribution in [3.05, 3.63) is 235 Å². The van der Waals surface area contributed by atoms with Crippen molar-refractivity contribution in [1.82, 2.24) is 19.9 Å². The Bertz CT molecular complexity index is 3390. The molecule has 63 heavy (non-hydrogen) atoms. The highest BCUT2D eigenvalue weighted by atomic mass is 16.5. The zero-order chi connectivity index (χ0) is 41.5. The first-order valence-electron chi connectivity index (χ1n) is 21.2. The second-order valence-electron chi connectivity index (χ2n) is 16.2. The molecule has 6 heteroatoms. The monoisotopic (exact) mass is 805 g/mol. The summed E-state index contributed by atoms with van der Waals surface area (Å²) < 4.78 is 7.04. The van der Waals surface area contributed by atoms with Gasteiger partial charge in [-0.1, -0.05) is 146 Å². The Labute approximate surface area is 364 Å². The van der Waals surface area contributed by atoms with E-state index in [1.807, 2.05) is 60.9 Å². The van der Waals surface area contributed by atoms with Gasteiger partial charge in [-0.05, 0) is 82.4 Å². The van der Waals surface area contributed by atoms with Crippen LogP contribution in [0, 0.1) is 0 Å². The number of benzene rings is 7. The molecule has 3 aliphatic rings. The number of hydrogen-bond acceptors (Lipinski definition) is 6. The summed E-state index contributed by atoms with van der Waals surface area (Å²) in [4.78, 5) is 22.9. The van der Waals surface area contributed by atoms with E-state index in [-0.39, 0.29) is 0 Å². The predicted octanol–water partition coefficient (Wildman–Crippen LogP) is 13.9. The number of pyridine rings is 2. The first-order chi connectivity index (χ1) is 31.2. The number of ether oxygens (including phenoxy) is 1. The van der Waals surface area contributed by atoms with Crippen molar-refractivity contribution >= 4 is 17.1 Å². The largest absolute Gasteiger partial charge is 0.452 e. The van der Waals surface area contributed by atoms with E-state index in [0.717, 1.165) is 107 Å². The Morgan fingerprint density at radius 2 is 1.08 bits per heavy atom. The van der Waals surface area contributed by atoms with Crippen LogP contribution in [0.15, 0.2) is 213 Å². The number of fused-ring (bicyclic) bond motifs is 13. The maximum Gasteiger partial charge on any atom is 0.160 e. The van der Waals surface area contributed by atoms with Gasteiger partial charge in [0.05, 0.1) is 39.6 Å². The van der Waals surface area contributed by atoms with Gasteiger partial charge in [0, 0.05) is 51.5 Å². The number of para-hydroxylation sites is 3. The lowest BCUT2D eigenvalue weighted by atomic mass is 9.70. The zero-order valence-corrected chi connectivity index (χ0v) is 33.9. The van der Waals surface area contributed by atoms with E-state index in [4.69, 9.17) is 24.7 Å². The van der Waals surface area contributed by atoms with Crippen LogP contribution in [-0.4, -0.2) is 19.9 Å². The molecule has 1 spiro atoms. The van der Waals surface area contributed by atoms with Gasteiger partial charge < -0.3 is 9.64 Å². The van der Waals surface area contributed by atoms with Crippen LogP contribution in [0.4, 0.5) is 17.1 Å². The lowest BCUT2D eigenvalue weighted by Crippen LogP contribution is -2.26. The second-order valence-corrected chi connectivity index (χ2v) is 16.2. The minimum Gasteiger partial charge on any atom is -0.452 e. The van der Waals surface area contributed by atoms with E-state index >= 15 is 0 Å². The van der Waals surface area contributed by atoms with Crippen LogP contribution in [0.1, 0.15) is 22.3 Å². The van der Waals surface area contributed by atoms with Crippen LogP contribution in [0.5, 0.6) is 11.5 Å². The van der Waals surface area contributed by atoms with Crippen LogP contribution in [0.3, 0.4) is 0 Å². The molecular formula is C57H35N5O. The normalized spacial score (nSPS) is 14.8. The standard InChI is InChI=1S/C57H35N5O/c1-4-16-36(17-5-1)47-34-48(37-18-6-2-7-19-37)61-56(60-47)39-21-14-20-38(32-39)40-33-46-54(59-35-40)53-45(26-15-31-58-53)57(46)43-25-11-10-24-42(43)52-44(57)29-30-50-55(52)63-51-28-13-12-27-49(51)62(50)41-22-8-3-9-23-41/h1-35H. The quantitative estimate of drug-likeness (QED) is 0.173. The first kappa shape index (κ1) is 35.3. The predicted molar refractivity (Wildman–Crippen MR) is 250 cm³/mol. The van der Waals surface area contributed by atoms with E-state index in [2.05, 4.69) is 157 Å². The van der Waals surface area contributed by atoms with Crippen LogP contribution in [-0.2, 0) is 5.41 Å². The molecule has 294 valence electrons. The summed E-state index contributed by atoms with van der Waals surface area (Å²) >= 11 is 0. The lowest BCUT2D eigenvalue weighted by molar-refractivity contribution is 0.478. The van der Waals surface area contributed by atoms with Crippen molar-refractivity contribution in [2.24, 2.45) is 0 Å². The van der Waals surface area contributed by atoms with Crippen LogP contribution < -0.4 is 9.64 Å². The summed E-state index contributed by atoms with van der Waals surface area (Å²) in [7, 11) is 0. The van der Waals surface area contributed by atoms with Crippen LogP contribution in [0.25, 0.3) is 67.5 Å². The Kier molecular flexibility index (Phi) is 7.72. The molecule has 0 radical (unpaired) electrons. The average molecular weight is 806 g/mol. The van der Waals surface area contributed by atoms with Gasteiger partial charge in [-0.2, -0.15) is 0 Å². The van der Waals surface area contributed by atoms with E-state index in [1.165, 1.54) is 5.56 Å². The molecule has 0 N–H and O–H groups in total. The van der Waals surface area contributed by atoms with Crippen molar-refractivity contribution in [1.29, 1.82) is 0 Å². The molecule has 0 bridgehead atoms. The topological polar surface area (TPSA) is 64.0 Å². The molecule has 2 aliphatic carbocycles. The Morgan fingerprint density at radius 1 is 0.429 bits per heavy atom. The molecule has 7 aromatic carbocycles. The molecule has 10 aromatic rings. The number of hydrogen-bond donors (Lipinski definition) is 0. The molecule has 1 unspecified atom stereocenters. The Morgan fingerprint density at radius 3 is 1.87 bits per heavy atom. The van der Waals surface area contributed by atoms with Gasteiger partial charge in [0.1, 0.15) is 0 Å². The Balaban J connectivity index is 1.00. The average Bonchev–Trinajstić information content (AvgIpc) is 3.83. The van der Waals surface area contributed by atoms with Crippen LogP contribution in [0.2, 0.25) is 0 Å². The minimum atomic E-state index is -0.698. The molecule has 6 nitrogen and oxygen atoms in total. The van der Waals surface area contributed by atoms with Crippen molar-refractivity contribution in [3.63, 3.8) is 0 Å². The molecule has 1 atom stereocenters. The molecule has 4 heterocycles. The highest BCUT2D eigenvalue weighted by molar-refractivity contribution is 6.00. The van der Waals surface area contributed by atoms with E-state index in [0.29, 0.717) is 5.82 Å². The van der Waals surface area contributed by atoms with Gasteiger partial charge in [0.15, 0.2) is 17.3 Å². The highest BCUT2D eigenvalue weighted by Crippen LogP contribution is 2.66. The molecule has 1 aliphatic heterocycles. The molecule has 0 fully saturated rings. The van der Waals surface area contributed by atoms with Crippen LogP contribution >= 0.6 is 0 Å². The summed E-state index contributed by atoms with van der Waals surface area (Å²) in [5, 5.41) is 0. The number of anilines is 3. The molecule has 0 saturated carbocycles. The summed E-state index contributed by atoms with van der Waals surface area (Å²) in [6.45, 7) is 0. The van der Waals surface area contributed by atoms with Crippen molar-refractivity contribution in [2.45, 2.75) is 5.41 Å². The van der Waals surface area contributed by atoms with E-state index in [9.17, 15) is 0 Å². The van der Waals surface area contributed by atoms with E-state index < -0.39 is 5.41 Å². The summed E-state index contributed by atoms with van der Waals surface area (Å²) in [5.74, 6) is 2.31. The van der Waals surface area contributed by atoms with Crippen molar-refractivity contribution in [3.8, 4) is 79.0 Å². The number of rotatable bonds is 5. The van der Waals surface area contributed by atoms with Gasteiger partial charge in [0.2, 0.25) is 0 Å². The third-order valence-corrected chi connectivity index (χ3v) is 12.8. The molecule has 0 amide bonds. The minimum absolute atomic E-state index is 0.661. The fourth-order valence-corrected chi connectivity index (χ4v) is 10.1. The van der Waals surface area contributed by atoms with Crippen molar-refractivity contribution < 1.29 is 4.74 Å². The van der Waals surface area contributed by atoms with Gasteiger partial charge in [-0.15, -0.1) is 0 Å². The van der Waals surface area contributed by atoms with Crippen molar-refractivity contribution in [2.75, 3.05) is 4.90 Å². The lowest BCUT2D eigenvalue weighted by Gasteiger charge is -2.35. The summed E-state index contributed by atoms with van der Waals surface area (Å²) in [6, 6.07) is 69.9. The third-order valence-electron chi connectivity index (χ3n) is 12.8. The molecular weight excluding hydrogens is 771 g/mol. The smallest absolute Gasteiger partial charge is 0.160 e. The summed E-state index contributed by atoms with van der Waals surface area (Å²) in [5.41, 5.74) is 17.7. The second kappa shape index (κ2) is 13.8. The Hall–Kier alpha value is -8.48. The first-order valence-corrected chi connectivity index (χ1v) is 21.2. The molecule has 13 rings (SSSR count). The zero-order valence-electron chi connectivity index (χ0n) is 33.9. The number of nitrogens with zero attached hydrogens (tertiary/aromatic N) is 5. The number of aromatic nitrogens is 4. The van der Waals surface area contributed by atoms with Gasteiger partial charge in [-0.3, -0.25) is 9.97 Å². The van der Waals surface area contributed by atoms with Gasteiger partial charge in [-0.25, -0.2) is 9.97 Å². The van der Waals surface area contributed by atoms with Gasteiger partial charge >= 0.3 is 0 Å². The fourth-order valence-electron chi connectivity index (χ4n) is 10.1. The molecule has 0 saturated heterocycles. The van der Waals surface area contributed by atoms with E-state index in [1.54, 1.807) is 0 Å².